The number of para-hydroxylation sites is 1. The second kappa shape index (κ2) is 9.81. The van der Waals surface area contributed by atoms with E-state index in [1.807, 2.05) is 35.2 Å². The van der Waals surface area contributed by atoms with E-state index in [1.54, 1.807) is 34.5 Å². The zero-order valence-corrected chi connectivity index (χ0v) is 19.0. The summed E-state index contributed by atoms with van der Waals surface area (Å²) in [5, 5.41) is 1.69. The maximum Gasteiger partial charge on any atom is 0.250 e. The Labute approximate surface area is 191 Å². The zero-order valence-electron chi connectivity index (χ0n) is 17.4. The van der Waals surface area contributed by atoms with Crippen molar-refractivity contribution in [3.05, 3.63) is 83.5 Å². The Morgan fingerprint density at radius 2 is 1.66 bits per heavy atom. The number of nitrogens with zero attached hydrogens (tertiary/aromatic N) is 2. The fourth-order valence-electron chi connectivity index (χ4n) is 3.79. The van der Waals surface area contributed by atoms with Crippen molar-refractivity contribution in [3.63, 3.8) is 0 Å². The standard InChI is InChI=1S/C23H24FN3O3S2/c24-19-9-4-5-10-21(19)26-12-14-27(15-13-26)23(28)20(17-18-7-2-1-3-8-18)25-32(29,30)22-11-6-16-31-22/h1-11,16,20,25H,12-15,17H2/t20-/m0/s1. The fraction of sp³-hybridized carbons (Fsp3) is 0.261. The molecule has 168 valence electrons. The summed E-state index contributed by atoms with van der Waals surface area (Å²) in [4.78, 5) is 16.9. The molecule has 0 radical (unpaired) electrons. The van der Waals surface area contributed by atoms with Gasteiger partial charge < -0.3 is 9.80 Å². The summed E-state index contributed by atoms with van der Waals surface area (Å²) in [5.74, 6) is -0.569. The molecule has 0 bridgehead atoms. The van der Waals surface area contributed by atoms with E-state index in [0.717, 1.165) is 16.9 Å². The normalized spacial score (nSPS) is 15.5. The molecule has 0 spiro atoms. The number of carbonyl (C=O) groups is 1. The van der Waals surface area contributed by atoms with Crippen LogP contribution >= 0.6 is 11.3 Å². The molecule has 1 aromatic heterocycles. The summed E-state index contributed by atoms with van der Waals surface area (Å²) < 4.78 is 42.6. The highest BCUT2D eigenvalue weighted by molar-refractivity contribution is 7.91. The Morgan fingerprint density at radius 1 is 0.969 bits per heavy atom. The molecule has 0 saturated carbocycles. The molecule has 0 unspecified atom stereocenters. The van der Waals surface area contributed by atoms with E-state index in [4.69, 9.17) is 0 Å². The van der Waals surface area contributed by atoms with E-state index in [1.165, 1.54) is 12.1 Å². The molecular weight excluding hydrogens is 449 g/mol. The van der Waals surface area contributed by atoms with Gasteiger partial charge in [-0.25, -0.2) is 12.8 Å². The third-order valence-corrected chi connectivity index (χ3v) is 8.29. The van der Waals surface area contributed by atoms with Crippen molar-refractivity contribution in [1.29, 1.82) is 0 Å². The molecule has 1 aliphatic heterocycles. The van der Waals surface area contributed by atoms with Crippen LogP contribution in [0.4, 0.5) is 10.1 Å². The minimum absolute atomic E-state index is 0.174. The van der Waals surface area contributed by atoms with Gasteiger partial charge >= 0.3 is 0 Å². The zero-order chi connectivity index (χ0) is 22.6. The van der Waals surface area contributed by atoms with Crippen LogP contribution in [-0.4, -0.2) is 51.4 Å². The number of anilines is 1. The summed E-state index contributed by atoms with van der Waals surface area (Å²) in [5.41, 5.74) is 1.38. The van der Waals surface area contributed by atoms with Crippen molar-refractivity contribution in [2.75, 3.05) is 31.1 Å². The van der Waals surface area contributed by atoms with E-state index in [9.17, 15) is 17.6 Å². The third kappa shape index (κ3) is 5.17. The average molecular weight is 474 g/mol. The minimum Gasteiger partial charge on any atom is -0.366 e. The highest BCUT2D eigenvalue weighted by Gasteiger charge is 2.32. The van der Waals surface area contributed by atoms with Crippen molar-refractivity contribution in [1.82, 2.24) is 9.62 Å². The van der Waals surface area contributed by atoms with Crippen LogP contribution in [0.1, 0.15) is 5.56 Å². The van der Waals surface area contributed by atoms with Gasteiger partial charge in [0.15, 0.2) is 0 Å². The highest BCUT2D eigenvalue weighted by Crippen LogP contribution is 2.21. The van der Waals surface area contributed by atoms with Crippen LogP contribution < -0.4 is 9.62 Å². The first-order chi connectivity index (χ1) is 15.4. The smallest absolute Gasteiger partial charge is 0.250 e. The third-order valence-electron chi connectivity index (χ3n) is 5.42. The molecule has 2 heterocycles. The molecular formula is C23H24FN3O3S2. The molecule has 1 saturated heterocycles. The molecule has 1 aliphatic rings. The second-order valence-electron chi connectivity index (χ2n) is 7.56. The Morgan fingerprint density at radius 3 is 2.31 bits per heavy atom. The van der Waals surface area contributed by atoms with Gasteiger partial charge in [-0.2, -0.15) is 4.72 Å². The van der Waals surface area contributed by atoms with Gasteiger partial charge in [0.25, 0.3) is 10.0 Å². The Bertz CT molecular complexity index is 1150. The van der Waals surface area contributed by atoms with Gasteiger partial charge in [-0.05, 0) is 35.6 Å². The first-order valence-corrected chi connectivity index (χ1v) is 12.7. The number of sulfonamides is 1. The number of rotatable bonds is 7. The summed E-state index contributed by atoms with van der Waals surface area (Å²) >= 11 is 1.11. The van der Waals surface area contributed by atoms with Gasteiger partial charge in [0, 0.05) is 26.2 Å². The van der Waals surface area contributed by atoms with E-state index in [0.29, 0.717) is 31.9 Å². The van der Waals surface area contributed by atoms with Crippen molar-refractivity contribution in [3.8, 4) is 0 Å². The molecule has 2 aromatic carbocycles. The van der Waals surface area contributed by atoms with Gasteiger partial charge in [0.05, 0.1) is 5.69 Å². The predicted octanol–water partition coefficient (Wildman–Crippen LogP) is 3.13. The number of hydrogen-bond acceptors (Lipinski definition) is 5. The van der Waals surface area contributed by atoms with Crippen LogP contribution in [0.2, 0.25) is 0 Å². The van der Waals surface area contributed by atoms with Crippen molar-refractivity contribution < 1.29 is 17.6 Å². The number of thiophene rings is 1. The number of amides is 1. The Hall–Kier alpha value is -2.75. The fourth-order valence-corrected chi connectivity index (χ4v) is 5.99. The highest BCUT2D eigenvalue weighted by atomic mass is 32.2. The lowest BCUT2D eigenvalue weighted by Gasteiger charge is -2.37. The van der Waals surface area contributed by atoms with Crippen LogP contribution in [0.25, 0.3) is 0 Å². The molecule has 1 N–H and O–H groups in total. The van der Waals surface area contributed by atoms with E-state index >= 15 is 0 Å². The predicted molar refractivity (Wildman–Crippen MR) is 124 cm³/mol. The van der Waals surface area contributed by atoms with Crippen molar-refractivity contribution >= 4 is 33.0 Å². The lowest BCUT2D eigenvalue weighted by molar-refractivity contribution is -0.133. The molecule has 0 aliphatic carbocycles. The number of nitrogens with one attached hydrogen (secondary N) is 1. The number of carbonyl (C=O) groups excluding carboxylic acids is 1. The van der Waals surface area contributed by atoms with Crippen molar-refractivity contribution in [2.45, 2.75) is 16.7 Å². The number of piperazine rings is 1. The van der Waals surface area contributed by atoms with Crippen LogP contribution in [-0.2, 0) is 21.2 Å². The van der Waals surface area contributed by atoms with Gasteiger partial charge in [0.1, 0.15) is 16.1 Å². The monoisotopic (exact) mass is 473 g/mol. The largest absolute Gasteiger partial charge is 0.366 e. The lowest BCUT2D eigenvalue weighted by Crippen LogP contribution is -2.55. The molecule has 1 amide bonds. The minimum atomic E-state index is -3.82. The van der Waals surface area contributed by atoms with Gasteiger partial charge in [-0.3, -0.25) is 4.79 Å². The SMILES string of the molecule is O=C([C@H](Cc1ccccc1)NS(=O)(=O)c1cccs1)N1CCN(c2ccccc2F)CC1. The molecule has 32 heavy (non-hydrogen) atoms. The molecule has 3 aromatic rings. The summed E-state index contributed by atoms with van der Waals surface area (Å²) in [6, 6.07) is 18.2. The molecule has 1 atom stereocenters. The first kappa shape index (κ1) is 22.4. The summed E-state index contributed by atoms with van der Waals surface area (Å²) in [7, 11) is -3.82. The van der Waals surface area contributed by atoms with Gasteiger partial charge in [-0.1, -0.05) is 48.5 Å². The quantitative estimate of drug-likeness (QED) is 0.573. The maximum atomic E-state index is 14.1. The number of hydrogen-bond donors (Lipinski definition) is 1. The van der Waals surface area contributed by atoms with Crippen LogP contribution in [0.5, 0.6) is 0 Å². The van der Waals surface area contributed by atoms with Gasteiger partial charge in [-0.15, -0.1) is 11.3 Å². The van der Waals surface area contributed by atoms with E-state index in [-0.39, 0.29) is 22.4 Å². The lowest BCUT2D eigenvalue weighted by atomic mass is 10.1. The first-order valence-electron chi connectivity index (χ1n) is 10.3. The van der Waals surface area contributed by atoms with Crippen molar-refractivity contribution in [2.24, 2.45) is 0 Å². The maximum absolute atomic E-state index is 14.1. The van der Waals surface area contributed by atoms with Crippen LogP contribution in [0.15, 0.2) is 76.3 Å². The Balaban J connectivity index is 1.49. The summed E-state index contributed by atoms with van der Waals surface area (Å²) in [6.45, 7) is 1.73. The topological polar surface area (TPSA) is 69.7 Å². The van der Waals surface area contributed by atoms with Crippen LogP contribution in [0, 0.1) is 5.82 Å². The molecule has 9 heteroatoms. The second-order valence-corrected chi connectivity index (χ2v) is 10.4. The van der Waals surface area contributed by atoms with Crippen LogP contribution in [0.3, 0.4) is 0 Å². The summed E-state index contributed by atoms with van der Waals surface area (Å²) in [6.07, 6.45) is 0.248. The number of benzene rings is 2. The molecule has 1 fully saturated rings. The van der Waals surface area contributed by atoms with Gasteiger partial charge in [0.2, 0.25) is 5.91 Å². The number of halogens is 1. The average Bonchev–Trinajstić information content (AvgIpc) is 3.36. The van der Waals surface area contributed by atoms with E-state index in [2.05, 4.69) is 4.72 Å². The van der Waals surface area contributed by atoms with E-state index < -0.39 is 16.1 Å². The Kier molecular flexibility index (Phi) is 6.88. The molecule has 6 nitrogen and oxygen atoms in total. The molecule has 4 rings (SSSR count).